The largest absolute Gasteiger partial charge is 0.384 e. The number of amides is 2. The monoisotopic (exact) mass is 497 g/mol. The second-order valence-corrected chi connectivity index (χ2v) is 8.48. The van der Waals surface area contributed by atoms with E-state index in [-0.39, 0.29) is 28.9 Å². The number of aromatic nitrogens is 3. The highest BCUT2D eigenvalue weighted by molar-refractivity contribution is 6.33. The number of nitrogens with zero attached hydrogens (tertiary/aromatic N) is 3. The van der Waals surface area contributed by atoms with Gasteiger partial charge in [-0.25, -0.2) is 9.67 Å². The quantitative estimate of drug-likeness (QED) is 0.294. The Hall–Kier alpha value is -4.45. The highest BCUT2D eigenvalue weighted by Gasteiger charge is 2.28. The third-order valence-corrected chi connectivity index (χ3v) is 6.21. The molecule has 0 fully saturated rings. The molecule has 0 aliphatic heterocycles. The molecule has 0 radical (unpaired) electrons. The van der Waals surface area contributed by atoms with Gasteiger partial charge in [-0.05, 0) is 66.9 Å². The van der Waals surface area contributed by atoms with E-state index >= 15 is 0 Å². The van der Waals surface area contributed by atoms with Crippen LogP contribution in [0.25, 0.3) is 16.9 Å². The van der Waals surface area contributed by atoms with E-state index in [2.05, 4.69) is 27.2 Å². The molecule has 0 bridgehead atoms. The fourth-order valence-electron chi connectivity index (χ4n) is 4.28. The van der Waals surface area contributed by atoms with Crippen molar-refractivity contribution in [2.45, 2.75) is 12.8 Å². The van der Waals surface area contributed by atoms with Crippen LogP contribution in [-0.2, 0) is 12.8 Å². The molecule has 8 nitrogen and oxygen atoms in total. The molecule has 36 heavy (non-hydrogen) atoms. The Kier molecular flexibility index (Phi) is 6.25. The van der Waals surface area contributed by atoms with E-state index in [9.17, 15) is 9.59 Å². The van der Waals surface area contributed by atoms with Gasteiger partial charge in [-0.3, -0.25) is 9.59 Å². The molecule has 2 heterocycles. The molecule has 9 heteroatoms. The maximum Gasteiger partial charge on any atom is 0.269 e. The lowest BCUT2D eigenvalue weighted by molar-refractivity contribution is 0.0992. The van der Waals surface area contributed by atoms with E-state index in [4.69, 9.17) is 22.4 Å². The summed E-state index contributed by atoms with van der Waals surface area (Å²) < 4.78 is 1.69. The zero-order valence-electron chi connectivity index (χ0n) is 19.0. The molecule has 4 aromatic rings. The number of carbonyl (C=O) groups is 2. The molecule has 2 amide bonds. The predicted octanol–water partition coefficient (Wildman–Crippen LogP) is 3.38. The van der Waals surface area contributed by atoms with E-state index in [0.29, 0.717) is 18.5 Å². The normalized spacial score (nSPS) is 11.6. The van der Waals surface area contributed by atoms with Crippen LogP contribution >= 0.6 is 11.6 Å². The third kappa shape index (κ3) is 4.33. The van der Waals surface area contributed by atoms with E-state index in [1.807, 2.05) is 42.5 Å². The number of rotatable bonds is 4. The van der Waals surface area contributed by atoms with Crippen molar-refractivity contribution in [2.75, 3.05) is 11.9 Å². The van der Waals surface area contributed by atoms with Gasteiger partial charge in [0.25, 0.3) is 11.8 Å². The van der Waals surface area contributed by atoms with Crippen molar-refractivity contribution in [1.29, 1.82) is 0 Å². The van der Waals surface area contributed by atoms with Crippen molar-refractivity contribution in [3.8, 4) is 28.8 Å². The molecule has 0 unspecified atom stereocenters. The minimum atomic E-state index is -0.602. The van der Waals surface area contributed by atoms with Crippen LogP contribution in [-0.4, -0.2) is 38.3 Å². The van der Waals surface area contributed by atoms with Gasteiger partial charge in [0.2, 0.25) is 0 Å². The van der Waals surface area contributed by atoms with E-state index in [0.717, 1.165) is 33.6 Å². The fraction of sp³-hybridized carbons (Fsp3) is 0.111. The van der Waals surface area contributed by atoms with Crippen LogP contribution in [0.3, 0.4) is 0 Å². The van der Waals surface area contributed by atoms with Gasteiger partial charge in [-0.15, -0.1) is 0 Å². The lowest BCUT2D eigenvalue weighted by Gasteiger charge is -2.20. The number of aliphatic hydroxyl groups excluding tert-OH is 1. The number of aliphatic hydroxyl groups is 1. The lowest BCUT2D eigenvalue weighted by Crippen LogP contribution is -2.16. The molecular formula is C27H20ClN5O3. The zero-order chi connectivity index (χ0) is 25.2. The molecule has 4 N–H and O–H groups in total. The van der Waals surface area contributed by atoms with Crippen LogP contribution in [0.1, 0.15) is 37.5 Å². The second-order valence-electron chi connectivity index (χ2n) is 8.13. The van der Waals surface area contributed by atoms with Gasteiger partial charge in [-0.1, -0.05) is 29.5 Å². The van der Waals surface area contributed by atoms with Gasteiger partial charge >= 0.3 is 0 Å². The first-order valence-corrected chi connectivity index (χ1v) is 11.5. The molecule has 2 aromatic carbocycles. The number of benzene rings is 2. The number of nitrogens with one attached hydrogen (secondary N) is 1. The molecule has 0 saturated heterocycles. The molecule has 0 spiro atoms. The van der Waals surface area contributed by atoms with Crippen molar-refractivity contribution in [2.24, 2.45) is 5.73 Å². The van der Waals surface area contributed by atoms with Crippen molar-refractivity contribution < 1.29 is 14.7 Å². The van der Waals surface area contributed by atoms with E-state index in [1.165, 1.54) is 6.20 Å². The highest BCUT2D eigenvalue weighted by Crippen LogP contribution is 2.38. The summed E-state index contributed by atoms with van der Waals surface area (Å²) in [6.45, 7) is -0.223. The third-order valence-electron chi connectivity index (χ3n) is 5.91. The molecule has 178 valence electrons. The molecule has 1 aliphatic rings. The van der Waals surface area contributed by atoms with Gasteiger partial charge in [0.1, 0.15) is 11.8 Å². The first-order chi connectivity index (χ1) is 17.5. The van der Waals surface area contributed by atoms with Gasteiger partial charge in [0.05, 0.1) is 16.9 Å². The van der Waals surface area contributed by atoms with Crippen LogP contribution in [0.15, 0.2) is 60.8 Å². The number of fused-ring (bicyclic) bond motifs is 3. The van der Waals surface area contributed by atoms with Crippen molar-refractivity contribution in [3.05, 3.63) is 93.9 Å². The number of aryl methyl sites for hydroxylation is 1. The molecule has 2 aromatic heterocycles. The highest BCUT2D eigenvalue weighted by atomic mass is 35.5. The minimum absolute atomic E-state index is 0.117. The summed E-state index contributed by atoms with van der Waals surface area (Å²) in [6.07, 6.45) is 2.83. The summed E-state index contributed by atoms with van der Waals surface area (Å²) in [5.41, 5.74) is 11.6. The summed E-state index contributed by atoms with van der Waals surface area (Å²) in [5, 5.41) is 16.5. The fourth-order valence-corrected chi connectivity index (χ4v) is 4.49. The summed E-state index contributed by atoms with van der Waals surface area (Å²) >= 11 is 6.08. The number of hydrogen-bond donors (Lipinski definition) is 3. The topological polar surface area (TPSA) is 123 Å². The van der Waals surface area contributed by atoms with Crippen molar-refractivity contribution in [1.82, 2.24) is 14.8 Å². The molecule has 0 atom stereocenters. The van der Waals surface area contributed by atoms with Gasteiger partial charge in [-0.2, -0.15) is 5.10 Å². The van der Waals surface area contributed by atoms with Crippen molar-refractivity contribution in [3.63, 3.8) is 0 Å². The zero-order valence-corrected chi connectivity index (χ0v) is 19.7. The number of pyridine rings is 1. The van der Waals surface area contributed by atoms with E-state index in [1.54, 1.807) is 16.8 Å². The predicted molar refractivity (Wildman–Crippen MR) is 136 cm³/mol. The Morgan fingerprint density at radius 2 is 1.94 bits per heavy atom. The Balaban J connectivity index is 1.58. The second kappa shape index (κ2) is 9.66. The van der Waals surface area contributed by atoms with Crippen molar-refractivity contribution >= 4 is 29.1 Å². The number of primary amides is 1. The van der Waals surface area contributed by atoms with Crippen LogP contribution < -0.4 is 11.1 Å². The van der Waals surface area contributed by atoms with Crippen LogP contribution in [0.5, 0.6) is 0 Å². The molecule has 0 saturated carbocycles. The number of anilines is 1. The molecular weight excluding hydrogens is 478 g/mol. The average molecular weight is 498 g/mol. The minimum Gasteiger partial charge on any atom is -0.384 e. The number of carbonyl (C=O) groups excluding carboxylic acids is 2. The van der Waals surface area contributed by atoms with Crippen LogP contribution in [0, 0.1) is 11.8 Å². The first kappa shape index (κ1) is 23.3. The van der Waals surface area contributed by atoms with Crippen LogP contribution in [0.2, 0.25) is 5.15 Å². The molecule has 5 rings (SSSR count). The summed E-state index contributed by atoms with van der Waals surface area (Å²) in [4.78, 5) is 29.0. The Labute approximate surface area is 211 Å². The first-order valence-electron chi connectivity index (χ1n) is 11.1. The molecule has 1 aliphatic carbocycles. The lowest BCUT2D eigenvalue weighted by atomic mass is 9.88. The summed E-state index contributed by atoms with van der Waals surface area (Å²) in [7, 11) is 0. The average Bonchev–Trinajstić information content (AvgIpc) is 3.28. The van der Waals surface area contributed by atoms with Gasteiger partial charge < -0.3 is 16.2 Å². The summed E-state index contributed by atoms with van der Waals surface area (Å²) in [5.74, 6) is 4.50. The van der Waals surface area contributed by atoms with Crippen LogP contribution in [0.4, 0.5) is 5.69 Å². The van der Waals surface area contributed by atoms with Gasteiger partial charge in [0, 0.05) is 28.6 Å². The maximum absolute atomic E-state index is 12.8. The Morgan fingerprint density at radius 3 is 2.67 bits per heavy atom. The smallest absolute Gasteiger partial charge is 0.269 e. The SMILES string of the molecule is NC(=O)c1nn(-c2ccc(C#CCO)cc2)c2c1CCc1ccc(NC(=O)c3cccnc3Cl)cc1-2. The summed E-state index contributed by atoms with van der Waals surface area (Å²) in [6, 6.07) is 16.2. The Bertz CT molecular complexity index is 1560. The van der Waals surface area contributed by atoms with E-state index < -0.39 is 5.91 Å². The standard InChI is InChI=1S/C27H20ClN5O3/c28-25-21(4-1-13-30-25)27(36)31-18-9-7-17-8-12-20-23(26(29)35)32-33(24(20)22(17)15-18)19-10-5-16(6-11-19)3-2-14-34/h1,4-7,9-11,13,15,34H,8,12,14H2,(H2,29,35)(H,31,36). The van der Waals surface area contributed by atoms with Gasteiger partial charge in [0.15, 0.2) is 5.69 Å². The Morgan fingerprint density at radius 1 is 1.14 bits per heavy atom. The number of halogens is 1. The number of nitrogens with two attached hydrogens (primary N) is 1. The maximum atomic E-state index is 12.8. The number of hydrogen-bond acceptors (Lipinski definition) is 5.